The van der Waals surface area contributed by atoms with Gasteiger partial charge in [-0.3, -0.25) is 0 Å². The molecule has 1 aromatic heterocycles. The molecule has 4 heteroatoms. The maximum atomic E-state index is 2.78. The van der Waals surface area contributed by atoms with Crippen molar-refractivity contribution in [3.8, 4) is 0 Å². The van der Waals surface area contributed by atoms with Crippen molar-refractivity contribution in [1.82, 2.24) is 0 Å². The third-order valence-corrected chi connectivity index (χ3v) is 17.0. The van der Waals surface area contributed by atoms with E-state index in [-0.39, 0.29) is 39.2 Å². The van der Waals surface area contributed by atoms with Crippen LogP contribution in [0.4, 0.5) is 34.1 Å². The smallest absolute Gasteiger partial charge is 0.264 e. The molecule has 0 saturated carbocycles. The molecule has 314 valence electrons. The number of nitrogens with zero attached hydrogens (tertiary/aromatic N) is 2. The average molecular weight is 823 g/mol. The summed E-state index contributed by atoms with van der Waals surface area (Å²) in [6.07, 6.45) is 4.76. The number of fused-ring (bicyclic) bond motifs is 9. The minimum Gasteiger partial charge on any atom is -0.311 e. The van der Waals surface area contributed by atoms with Crippen LogP contribution in [0.2, 0.25) is 0 Å². The summed E-state index contributed by atoms with van der Waals surface area (Å²) in [7, 11) is 0. The molecule has 3 heterocycles. The standard InChI is InChI=1S/C57H67BN2S/c1-34-30-35(52(2,3)4)20-25-43(34)60-45-32-36(53(5,6)7)31-44-48(45)58(51-49(60)38-18-16-17-19-46(38)61-51)42-24-23-40-47(57(14,15)29-28-55(40,10)11)50(42)59(44)37-21-22-39-41(33-37)56(12,13)27-26-54(39,8)9/h16-25,30-33H,26-29H2,1-15H3. The Balaban J connectivity index is 1.38. The molecule has 0 spiro atoms. The lowest BCUT2D eigenvalue weighted by atomic mass is 9.35. The van der Waals surface area contributed by atoms with Gasteiger partial charge in [0.25, 0.3) is 6.71 Å². The highest BCUT2D eigenvalue weighted by atomic mass is 32.1. The lowest BCUT2D eigenvalue weighted by Gasteiger charge is -2.50. The third-order valence-electron chi connectivity index (χ3n) is 15.8. The molecule has 0 fully saturated rings. The Labute approximate surface area is 371 Å². The van der Waals surface area contributed by atoms with Gasteiger partial charge < -0.3 is 9.80 Å². The van der Waals surface area contributed by atoms with Crippen molar-refractivity contribution in [3.05, 3.63) is 124 Å². The fourth-order valence-corrected chi connectivity index (χ4v) is 13.0. The maximum Gasteiger partial charge on any atom is 0.264 e. The Kier molecular flexibility index (Phi) is 8.63. The molecule has 2 aliphatic carbocycles. The molecular formula is C57H67BN2S. The van der Waals surface area contributed by atoms with E-state index in [4.69, 9.17) is 0 Å². The van der Waals surface area contributed by atoms with Crippen LogP contribution in [0.15, 0.2) is 84.9 Å². The van der Waals surface area contributed by atoms with Crippen LogP contribution in [0.1, 0.15) is 162 Å². The molecule has 2 aliphatic heterocycles. The average Bonchev–Trinajstić information content (AvgIpc) is 3.56. The van der Waals surface area contributed by atoms with Crippen molar-refractivity contribution in [2.45, 2.75) is 162 Å². The van der Waals surface area contributed by atoms with Crippen molar-refractivity contribution in [2.24, 2.45) is 0 Å². The number of hydrogen-bond acceptors (Lipinski definition) is 3. The normalized spacial score (nSPS) is 19.2. The maximum absolute atomic E-state index is 2.78. The lowest BCUT2D eigenvalue weighted by molar-refractivity contribution is 0.331. The number of hydrogen-bond donors (Lipinski definition) is 0. The fourth-order valence-electron chi connectivity index (χ4n) is 11.7. The van der Waals surface area contributed by atoms with Gasteiger partial charge in [0.1, 0.15) is 0 Å². The predicted octanol–water partition coefficient (Wildman–Crippen LogP) is 14.6. The molecule has 0 atom stereocenters. The van der Waals surface area contributed by atoms with E-state index in [1.54, 1.807) is 5.56 Å². The fraction of sp³-hybridized carbons (Fsp3) is 0.439. The highest BCUT2D eigenvalue weighted by Gasteiger charge is 2.50. The van der Waals surface area contributed by atoms with Crippen molar-refractivity contribution in [1.29, 1.82) is 0 Å². The quantitative estimate of drug-likeness (QED) is 0.160. The Hall–Kier alpha value is -4.28. The van der Waals surface area contributed by atoms with Crippen molar-refractivity contribution in [3.63, 3.8) is 0 Å². The first-order valence-corrected chi connectivity index (χ1v) is 24.0. The molecule has 61 heavy (non-hydrogen) atoms. The largest absolute Gasteiger partial charge is 0.311 e. The van der Waals surface area contributed by atoms with E-state index < -0.39 is 0 Å². The van der Waals surface area contributed by atoms with Gasteiger partial charge in [-0.2, -0.15) is 0 Å². The first-order chi connectivity index (χ1) is 28.4. The number of rotatable bonds is 2. The molecule has 0 amide bonds. The first kappa shape index (κ1) is 40.8. The van der Waals surface area contributed by atoms with Crippen LogP contribution in [-0.4, -0.2) is 6.71 Å². The van der Waals surface area contributed by atoms with Gasteiger partial charge in [0.05, 0.1) is 5.69 Å². The van der Waals surface area contributed by atoms with E-state index in [9.17, 15) is 0 Å². The predicted molar refractivity (Wildman–Crippen MR) is 269 cm³/mol. The number of aryl methyl sites for hydroxylation is 1. The molecule has 0 radical (unpaired) electrons. The minimum atomic E-state index is -0.0833. The first-order valence-electron chi connectivity index (χ1n) is 23.1. The molecule has 2 nitrogen and oxygen atoms in total. The van der Waals surface area contributed by atoms with Gasteiger partial charge >= 0.3 is 0 Å². The molecule has 10 rings (SSSR count). The van der Waals surface area contributed by atoms with E-state index in [0.717, 1.165) is 0 Å². The summed E-state index contributed by atoms with van der Waals surface area (Å²) in [5.74, 6) is 0. The second kappa shape index (κ2) is 12.9. The summed E-state index contributed by atoms with van der Waals surface area (Å²) in [5.41, 5.74) is 21.3. The highest BCUT2D eigenvalue weighted by molar-refractivity contribution is 7.33. The van der Waals surface area contributed by atoms with Gasteiger partial charge in [-0.1, -0.05) is 145 Å². The van der Waals surface area contributed by atoms with Crippen molar-refractivity contribution < 1.29 is 0 Å². The van der Waals surface area contributed by atoms with Crippen LogP contribution in [-0.2, 0) is 32.5 Å². The monoisotopic (exact) mass is 823 g/mol. The van der Waals surface area contributed by atoms with E-state index in [1.807, 2.05) is 11.3 Å². The third kappa shape index (κ3) is 6.00. The second-order valence-electron chi connectivity index (χ2n) is 24.0. The van der Waals surface area contributed by atoms with Gasteiger partial charge in [0, 0.05) is 43.3 Å². The Morgan fingerprint density at radius 1 is 0.541 bits per heavy atom. The zero-order chi connectivity index (χ0) is 43.6. The van der Waals surface area contributed by atoms with Crippen molar-refractivity contribution >= 4 is 78.0 Å². The molecule has 0 saturated heterocycles. The zero-order valence-electron chi connectivity index (χ0n) is 39.8. The second-order valence-corrected chi connectivity index (χ2v) is 25.1. The molecule has 0 N–H and O–H groups in total. The van der Waals surface area contributed by atoms with Gasteiger partial charge in [-0.05, 0) is 151 Å². The van der Waals surface area contributed by atoms with Crippen LogP contribution in [0, 0.1) is 6.92 Å². The van der Waals surface area contributed by atoms with E-state index in [1.165, 1.54) is 119 Å². The van der Waals surface area contributed by atoms with Crippen molar-refractivity contribution in [2.75, 3.05) is 9.80 Å². The summed E-state index contributed by atoms with van der Waals surface area (Å²) in [5, 5.41) is 1.35. The Morgan fingerprint density at radius 3 is 1.79 bits per heavy atom. The number of thiophene rings is 1. The number of benzene rings is 5. The lowest BCUT2D eigenvalue weighted by Crippen LogP contribution is -2.61. The molecule has 5 aromatic carbocycles. The van der Waals surface area contributed by atoms with E-state index in [0.29, 0.717) is 0 Å². The SMILES string of the molecule is Cc1cc(C(C)(C)C)ccc1N1c2cc(C(C)(C)C)cc3c2B(c2ccc4c(c2N3c2ccc3c(c2)C(C)(C)CCC3(C)C)C(C)(C)CCC4(C)C)c2sc3ccccc3c21. The minimum absolute atomic E-state index is 0.00148. The highest BCUT2D eigenvalue weighted by Crippen LogP contribution is 2.56. The van der Waals surface area contributed by atoms with E-state index in [2.05, 4.69) is 199 Å². The zero-order valence-corrected chi connectivity index (χ0v) is 40.6. The van der Waals surface area contributed by atoms with Gasteiger partial charge in [0.2, 0.25) is 0 Å². The van der Waals surface area contributed by atoms with Crippen LogP contribution in [0.5, 0.6) is 0 Å². The van der Waals surface area contributed by atoms with Crippen LogP contribution >= 0.6 is 11.3 Å². The van der Waals surface area contributed by atoms with Crippen LogP contribution < -0.4 is 25.5 Å². The Bertz CT molecular complexity index is 2820. The van der Waals surface area contributed by atoms with Crippen LogP contribution in [0.25, 0.3) is 10.1 Å². The van der Waals surface area contributed by atoms with Gasteiger partial charge in [-0.15, -0.1) is 11.3 Å². The molecule has 0 bridgehead atoms. The van der Waals surface area contributed by atoms with E-state index >= 15 is 0 Å². The summed E-state index contributed by atoms with van der Waals surface area (Å²) in [6.45, 7) is 36.5. The molecule has 4 aliphatic rings. The number of anilines is 6. The molecular weight excluding hydrogens is 756 g/mol. The van der Waals surface area contributed by atoms with Gasteiger partial charge in [-0.25, -0.2) is 0 Å². The molecule has 0 unspecified atom stereocenters. The summed E-state index contributed by atoms with van der Waals surface area (Å²) >= 11 is 2.02. The van der Waals surface area contributed by atoms with Gasteiger partial charge in [0.15, 0.2) is 0 Å². The molecule has 6 aromatic rings. The summed E-state index contributed by atoms with van der Waals surface area (Å²) in [4.78, 5) is 5.47. The Morgan fingerprint density at radius 2 is 1.13 bits per heavy atom. The van der Waals surface area contributed by atoms with Crippen LogP contribution in [0.3, 0.4) is 0 Å². The summed E-state index contributed by atoms with van der Waals surface area (Å²) < 4.78 is 2.81. The summed E-state index contributed by atoms with van der Waals surface area (Å²) in [6, 6.07) is 34.4. The topological polar surface area (TPSA) is 6.48 Å².